The molecule has 3 N–H and O–H groups in total. The van der Waals surface area contributed by atoms with Gasteiger partial charge in [-0.25, -0.2) is 9.59 Å². The number of carbonyl (C=O) groups is 2. The van der Waals surface area contributed by atoms with Crippen LogP contribution in [0.5, 0.6) is 0 Å². The van der Waals surface area contributed by atoms with E-state index < -0.39 is 18.0 Å². The summed E-state index contributed by atoms with van der Waals surface area (Å²) in [6.45, 7) is 6.55. The highest BCUT2D eigenvalue weighted by Gasteiger charge is 2.23. The molecule has 0 radical (unpaired) electrons. The van der Waals surface area contributed by atoms with E-state index in [0.29, 0.717) is 18.8 Å². The summed E-state index contributed by atoms with van der Waals surface area (Å²) in [4.78, 5) is 22.8. The molecule has 1 unspecified atom stereocenters. The van der Waals surface area contributed by atoms with Crippen LogP contribution in [0.1, 0.15) is 18.5 Å². The molecule has 0 aliphatic heterocycles. The van der Waals surface area contributed by atoms with Gasteiger partial charge >= 0.3 is 12.0 Å². The highest BCUT2D eigenvalue weighted by Crippen LogP contribution is 2.11. The predicted molar refractivity (Wildman–Crippen MR) is 75.8 cm³/mol. The zero-order valence-electron chi connectivity index (χ0n) is 12.1. The maximum atomic E-state index is 11.6. The maximum Gasteiger partial charge on any atom is 0.331 e. The molecule has 21 heavy (non-hydrogen) atoms. The van der Waals surface area contributed by atoms with E-state index in [4.69, 9.17) is 9.84 Å². The summed E-state index contributed by atoms with van der Waals surface area (Å²) in [5.41, 5.74) is 1.29. The standard InChI is InChI=1S/C13H20N4O4/c1-9(2)8-21-5-4-14-13(20)16-11(12(18)19)10-6-15-17(3)7-10/h6-7,11H,1,4-5,8H2,2-3H3,(H,18,19)(H2,14,16,20). The van der Waals surface area contributed by atoms with Gasteiger partial charge in [0, 0.05) is 25.4 Å². The fourth-order valence-corrected chi connectivity index (χ4v) is 1.54. The van der Waals surface area contributed by atoms with Crippen LogP contribution in [0.15, 0.2) is 24.5 Å². The summed E-state index contributed by atoms with van der Waals surface area (Å²) in [6, 6.07) is -1.72. The summed E-state index contributed by atoms with van der Waals surface area (Å²) in [5.74, 6) is -1.16. The van der Waals surface area contributed by atoms with Gasteiger partial charge in [-0.2, -0.15) is 5.10 Å². The summed E-state index contributed by atoms with van der Waals surface area (Å²) < 4.78 is 6.68. The Labute approximate surface area is 122 Å². The monoisotopic (exact) mass is 296 g/mol. The highest BCUT2D eigenvalue weighted by molar-refractivity contribution is 5.83. The molecular formula is C13H20N4O4. The van der Waals surface area contributed by atoms with Crippen molar-refractivity contribution in [1.29, 1.82) is 0 Å². The SMILES string of the molecule is C=C(C)COCCNC(=O)NC(C(=O)O)c1cnn(C)c1. The maximum absolute atomic E-state index is 11.6. The Hall–Kier alpha value is -2.35. The third kappa shape index (κ3) is 6.09. The highest BCUT2D eigenvalue weighted by atomic mass is 16.5. The van der Waals surface area contributed by atoms with Gasteiger partial charge in [0.1, 0.15) is 0 Å². The molecule has 1 aromatic heterocycles. The summed E-state index contributed by atoms with van der Waals surface area (Å²) in [5, 5.41) is 17.9. The molecule has 1 aromatic rings. The van der Waals surface area contributed by atoms with Crippen molar-refractivity contribution in [3.8, 4) is 0 Å². The smallest absolute Gasteiger partial charge is 0.331 e. The molecule has 0 aliphatic rings. The third-order valence-electron chi connectivity index (χ3n) is 2.46. The number of hydrogen-bond acceptors (Lipinski definition) is 4. The first-order chi connectivity index (χ1) is 9.90. The first kappa shape index (κ1) is 16.7. The number of urea groups is 1. The van der Waals surface area contributed by atoms with E-state index in [9.17, 15) is 9.59 Å². The lowest BCUT2D eigenvalue weighted by Crippen LogP contribution is -2.41. The second-order valence-corrected chi connectivity index (χ2v) is 4.63. The molecule has 1 rings (SSSR count). The normalized spacial score (nSPS) is 11.7. The third-order valence-corrected chi connectivity index (χ3v) is 2.46. The number of amides is 2. The first-order valence-corrected chi connectivity index (χ1v) is 6.38. The molecule has 0 bridgehead atoms. The first-order valence-electron chi connectivity index (χ1n) is 6.38. The van der Waals surface area contributed by atoms with Crippen molar-refractivity contribution in [2.24, 2.45) is 7.05 Å². The van der Waals surface area contributed by atoms with E-state index in [1.807, 2.05) is 6.92 Å². The predicted octanol–water partition coefficient (Wildman–Crippen LogP) is 0.438. The number of hydrogen-bond donors (Lipinski definition) is 3. The summed E-state index contributed by atoms with van der Waals surface area (Å²) >= 11 is 0. The van der Waals surface area contributed by atoms with Crippen LogP contribution >= 0.6 is 0 Å². The van der Waals surface area contributed by atoms with E-state index in [-0.39, 0.29) is 6.54 Å². The van der Waals surface area contributed by atoms with Crippen LogP contribution in [0.2, 0.25) is 0 Å². The molecule has 0 aromatic carbocycles. The summed E-state index contributed by atoms with van der Waals surface area (Å²) in [6.07, 6.45) is 2.93. The molecule has 116 valence electrons. The van der Waals surface area contributed by atoms with Crippen LogP contribution in [0.4, 0.5) is 4.79 Å². The summed E-state index contributed by atoms with van der Waals surface area (Å²) in [7, 11) is 1.67. The Morgan fingerprint density at radius 2 is 2.29 bits per heavy atom. The fraction of sp³-hybridized carbons (Fsp3) is 0.462. The molecule has 0 fully saturated rings. The average molecular weight is 296 g/mol. The number of rotatable bonds is 8. The van der Waals surface area contributed by atoms with Crippen LogP contribution in [0.25, 0.3) is 0 Å². The van der Waals surface area contributed by atoms with Gasteiger partial charge in [0.15, 0.2) is 6.04 Å². The van der Waals surface area contributed by atoms with Crippen LogP contribution in [-0.4, -0.2) is 46.6 Å². The van der Waals surface area contributed by atoms with Crippen molar-refractivity contribution in [2.45, 2.75) is 13.0 Å². The number of nitrogens with one attached hydrogen (secondary N) is 2. The number of carbonyl (C=O) groups excluding carboxylic acids is 1. The van der Waals surface area contributed by atoms with Crippen molar-refractivity contribution in [3.05, 3.63) is 30.1 Å². The number of aromatic nitrogens is 2. The van der Waals surface area contributed by atoms with Gasteiger partial charge in [0.25, 0.3) is 0 Å². The molecule has 0 spiro atoms. The van der Waals surface area contributed by atoms with E-state index in [1.54, 1.807) is 7.05 Å². The fourth-order valence-electron chi connectivity index (χ4n) is 1.54. The van der Waals surface area contributed by atoms with Crippen molar-refractivity contribution in [1.82, 2.24) is 20.4 Å². The van der Waals surface area contributed by atoms with Gasteiger partial charge in [0.05, 0.1) is 19.4 Å². The molecular weight excluding hydrogens is 276 g/mol. The van der Waals surface area contributed by atoms with Gasteiger partial charge in [-0.3, -0.25) is 4.68 Å². The largest absolute Gasteiger partial charge is 0.479 e. The molecule has 1 heterocycles. The molecule has 0 saturated heterocycles. The molecule has 8 nitrogen and oxygen atoms in total. The lowest BCUT2D eigenvalue weighted by Gasteiger charge is -2.13. The van der Waals surface area contributed by atoms with Crippen molar-refractivity contribution < 1.29 is 19.4 Å². The van der Waals surface area contributed by atoms with Gasteiger partial charge in [-0.05, 0) is 6.92 Å². The number of carboxylic acid groups (broad SMARTS) is 1. The van der Waals surface area contributed by atoms with Crippen LogP contribution < -0.4 is 10.6 Å². The van der Waals surface area contributed by atoms with E-state index in [0.717, 1.165) is 5.57 Å². The molecule has 8 heteroatoms. The van der Waals surface area contributed by atoms with E-state index >= 15 is 0 Å². The Morgan fingerprint density at radius 3 is 2.81 bits per heavy atom. The zero-order valence-corrected chi connectivity index (χ0v) is 12.1. The number of ether oxygens (including phenoxy) is 1. The second kappa shape index (κ2) is 8.05. The Bertz CT molecular complexity index is 512. The van der Waals surface area contributed by atoms with E-state index in [1.165, 1.54) is 17.1 Å². The minimum absolute atomic E-state index is 0.276. The Morgan fingerprint density at radius 1 is 1.57 bits per heavy atom. The molecule has 2 amide bonds. The van der Waals surface area contributed by atoms with Gasteiger partial charge in [-0.1, -0.05) is 12.2 Å². The van der Waals surface area contributed by atoms with Gasteiger partial charge in [0.2, 0.25) is 0 Å². The van der Waals surface area contributed by atoms with E-state index in [2.05, 4.69) is 22.3 Å². The van der Waals surface area contributed by atoms with Gasteiger partial charge < -0.3 is 20.5 Å². The van der Waals surface area contributed by atoms with Crippen molar-refractivity contribution in [3.63, 3.8) is 0 Å². The number of aryl methyl sites for hydroxylation is 1. The van der Waals surface area contributed by atoms with Gasteiger partial charge in [-0.15, -0.1) is 0 Å². The second-order valence-electron chi connectivity index (χ2n) is 4.63. The number of carboxylic acids is 1. The number of aliphatic carboxylic acids is 1. The van der Waals surface area contributed by atoms with Crippen LogP contribution in [-0.2, 0) is 16.6 Å². The topological polar surface area (TPSA) is 105 Å². The minimum atomic E-state index is -1.16. The average Bonchev–Trinajstić information content (AvgIpc) is 2.81. The lowest BCUT2D eigenvalue weighted by atomic mass is 10.1. The lowest BCUT2D eigenvalue weighted by molar-refractivity contribution is -0.139. The van der Waals surface area contributed by atoms with Crippen LogP contribution in [0, 0.1) is 0 Å². The molecule has 1 atom stereocenters. The zero-order chi connectivity index (χ0) is 15.8. The van der Waals surface area contributed by atoms with Crippen LogP contribution in [0.3, 0.4) is 0 Å². The minimum Gasteiger partial charge on any atom is -0.479 e. The molecule has 0 aliphatic carbocycles. The Kier molecular flexibility index (Phi) is 6.41. The quantitative estimate of drug-likeness (QED) is 0.477. The van der Waals surface area contributed by atoms with Crippen molar-refractivity contribution >= 4 is 12.0 Å². The number of nitrogens with zero attached hydrogens (tertiary/aromatic N) is 2. The Balaban J connectivity index is 2.40. The molecule has 0 saturated carbocycles. The van der Waals surface area contributed by atoms with Crippen molar-refractivity contribution in [2.75, 3.05) is 19.8 Å².